The fourth-order valence-electron chi connectivity index (χ4n) is 2.79. The van der Waals surface area contributed by atoms with Gasteiger partial charge < -0.3 is 9.84 Å². The van der Waals surface area contributed by atoms with Gasteiger partial charge in [0.25, 0.3) is 0 Å². The minimum Gasteiger partial charge on any atom is -0.467 e. The van der Waals surface area contributed by atoms with Gasteiger partial charge in [-0.25, -0.2) is 4.79 Å². The van der Waals surface area contributed by atoms with E-state index in [9.17, 15) is 9.90 Å². The molecule has 0 aliphatic heterocycles. The second-order valence-electron chi connectivity index (χ2n) is 6.42. The molecule has 0 spiro atoms. The zero-order chi connectivity index (χ0) is 16.5. The Morgan fingerprint density at radius 1 is 0.773 bits per heavy atom. The molecule has 3 nitrogen and oxygen atoms in total. The third kappa shape index (κ3) is 14.4. The smallest absolute Gasteiger partial charge is 0.334 e. The van der Waals surface area contributed by atoms with Gasteiger partial charge in [-0.15, -0.1) is 0 Å². The number of carbonyl (C=O) groups is 1. The van der Waals surface area contributed by atoms with Crippen molar-refractivity contribution in [3.63, 3.8) is 0 Å². The molecule has 0 amide bonds. The van der Waals surface area contributed by atoms with Crippen LogP contribution < -0.4 is 0 Å². The number of aliphatic hydroxyl groups excluding tert-OH is 1. The minimum absolute atomic E-state index is 0.505. The summed E-state index contributed by atoms with van der Waals surface area (Å²) < 4.78 is 4.49. The van der Waals surface area contributed by atoms with Crippen LogP contribution in [0, 0.1) is 0 Å². The van der Waals surface area contributed by atoms with Crippen LogP contribution in [-0.4, -0.2) is 24.3 Å². The molecule has 0 unspecified atom stereocenters. The third-order valence-electron chi connectivity index (χ3n) is 4.30. The van der Waals surface area contributed by atoms with E-state index in [0.717, 1.165) is 12.8 Å². The number of hydrogen-bond donors (Lipinski definition) is 1. The first-order valence-corrected chi connectivity index (χ1v) is 9.48. The highest BCUT2D eigenvalue weighted by Gasteiger charge is 2.13. The van der Waals surface area contributed by atoms with Crippen LogP contribution in [0.1, 0.15) is 103 Å². The van der Waals surface area contributed by atoms with Crippen LogP contribution in [0.3, 0.4) is 0 Å². The zero-order valence-electron chi connectivity index (χ0n) is 14.9. The maximum atomic E-state index is 11.0. The molecule has 1 N–H and O–H groups in total. The summed E-state index contributed by atoms with van der Waals surface area (Å²) in [6.45, 7) is 2.27. The fraction of sp³-hybridized carbons (Fsp3) is 0.947. The van der Waals surface area contributed by atoms with E-state index in [2.05, 4.69) is 11.7 Å². The van der Waals surface area contributed by atoms with Crippen LogP contribution in [0.2, 0.25) is 0 Å². The zero-order valence-corrected chi connectivity index (χ0v) is 14.9. The number of ether oxygens (including phenoxy) is 1. The second-order valence-corrected chi connectivity index (χ2v) is 6.42. The van der Waals surface area contributed by atoms with E-state index < -0.39 is 12.1 Å². The van der Waals surface area contributed by atoms with Gasteiger partial charge in [0.15, 0.2) is 6.10 Å². The van der Waals surface area contributed by atoms with Crippen molar-refractivity contribution in [3.05, 3.63) is 0 Å². The van der Waals surface area contributed by atoms with Crippen LogP contribution in [0.25, 0.3) is 0 Å². The van der Waals surface area contributed by atoms with Gasteiger partial charge in [0.2, 0.25) is 0 Å². The Bertz CT molecular complexity index is 241. The monoisotopic (exact) mass is 314 g/mol. The Labute approximate surface area is 137 Å². The molecule has 0 bridgehead atoms. The first kappa shape index (κ1) is 21.4. The summed E-state index contributed by atoms with van der Waals surface area (Å²) in [5.74, 6) is -0.505. The molecular formula is C19H38O3. The predicted molar refractivity (Wildman–Crippen MR) is 93.0 cm³/mol. The van der Waals surface area contributed by atoms with E-state index >= 15 is 0 Å². The lowest BCUT2D eigenvalue weighted by atomic mass is 10.0. The van der Waals surface area contributed by atoms with Crippen LogP contribution in [0.15, 0.2) is 0 Å². The topological polar surface area (TPSA) is 46.5 Å². The largest absolute Gasteiger partial charge is 0.467 e. The maximum Gasteiger partial charge on any atom is 0.334 e. The van der Waals surface area contributed by atoms with Crippen molar-refractivity contribution in [1.29, 1.82) is 0 Å². The standard InChI is InChI=1S/C19H38O3/c1-3-4-5-6-7-8-9-10-11-12-13-14-15-16-17-18(20)19(21)22-2/h18,20H,3-17H2,1-2H3/t18-/m0/s1. The molecule has 0 fully saturated rings. The number of aliphatic hydroxyl groups is 1. The number of carbonyl (C=O) groups excluding carboxylic acids is 1. The summed E-state index contributed by atoms with van der Waals surface area (Å²) in [7, 11) is 1.32. The first-order chi connectivity index (χ1) is 10.7. The van der Waals surface area contributed by atoms with E-state index in [0.29, 0.717) is 6.42 Å². The molecule has 0 aliphatic rings. The Morgan fingerprint density at radius 3 is 1.50 bits per heavy atom. The predicted octanol–water partition coefficient (Wildman–Crippen LogP) is 5.39. The fourth-order valence-corrected chi connectivity index (χ4v) is 2.79. The molecule has 0 radical (unpaired) electrons. The lowest BCUT2D eigenvalue weighted by Gasteiger charge is -2.07. The highest BCUT2D eigenvalue weighted by molar-refractivity contribution is 5.74. The molecule has 0 aromatic heterocycles. The van der Waals surface area contributed by atoms with Crippen molar-refractivity contribution in [1.82, 2.24) is 0 Å². The molecule has 132 valence electrons. The summed E-state index contributed by atoms with van der Waals surface area (Å²) in [6, 6.07) is 0. The molecule has 0 heterocycles. The Kier molecular flexibility index (Phi) is 16.4. The van der Waals surface area contributed by atoms with Crippen molar-refractivity contribution in [2.24, 2.45) is 0 Å². The van der Waals surface area contributed by atoms with Crippen LogP contribution in [-0.2, 0) is 9.53 Å². The van der Waals surface area contributed by atoms with E-state index in [-0.39, 0.29) is 0 Å². The molecule has 0 aliphatic carbocycles. The number of esters is 1. The van der Waals surface area contributed by atoms with E-state index in [4.69, 9.17) is 0 Å². The summed E-state index contributed by atoms with van der Waals surface area (Å²) >= 11 is 0. The minimum atomic E-state index is -0.928. The highest BCUT2D eigenvalue weighted by atomic mass is 16.5. The van der Waals surface area contributed by atoms with Gasteiger partial charge in [-0.3, -0.25) is 0 Å². The average Bonchev–Trinajstić information content (AvgIpc) is 2.54. The Morgan fingerprint density at radius 2 is 1.14 bits per heavy atom. The highest BCUT2D eigenvalue weighted by Crippen LogP contribution is 2.13. The lowest BCUT2D eigenvalue weighted by molar-refractivity contribution is -0.150. The molecule has 0 aromatic rings. The summed E-state index contributed by atoms with van der Waals surface area (Å²) in [5, 5.41) is 9.43. The second kappa shape index (κ2) is 16.8. The number of methoxy groups -OCH3 is 1. The van der Waals surface area contributed by atoms with Gasteiger partial charge in [0.1, 0.15) is 0 Å². The summed E-state index contributed by atoms with van der Waals surface area (Å²) in [5.41, 5.74) is 0. The molecule has 0 aromatic carbocycles. The Hall–Kier alpha value is -0.570. The molecule has 3 heteroatoms. The molecular weight excluding hydrogens is 276 g/mol. The van der Waals surface area contributed by atoms with Crippen molar-refractivity contribution in [2.75, 3.05) is 7.11 Å². The first-order valence-electron chi connectivity index (χ1n) is 9.48. The van der Waals surface area contributed by atoms with Crippen molar-refractivity contribution in [3.8, 4) is 0 Å². The van der Waals surface area contributed by atoms with Gasteiger partial charge in [0.05, 0.1) is 7.11 Å². The SMILES string of the molecule is CCCCCCCCCCCCCCCC[C@H](O)C(=O)OC. The van der Waals surface area contributed by atoms with Gasteiger partial charge >= 0.3 is 5.97 Å². The van der Waals surface area contributed by atoms with Gasteiger partial charge in [-0.1, -0.05) is 96.8 Å². The van der Waals surface area contributed by atoms with Crippen molar-refractivity contribution < 1.29 is 14.6 Å². The quantitative estimate of drug-likeness (QED) is 0.307. The number of hydrogen-bond acceptors (Lipinski definition) is 3. The average molecular weight is 315 g/mol. The van der Waals surface area contributed by atoms with Crippen LogP contribution in [0.4, 0.5) is 0 Å². The van der Waals surface area contributed by atoms with E-state index in [1.54, 1.807) is 0 Å². The van der Waals surface area contributed by atoms with Crippen LogP contribution >= 0.6 is 0 Å². The molecule has 1 atom stereocenters. The normalized spacial score (nSPS) is 12.3. The number of rotatable bonds is 16. The Balaban J connectivity index is 3.10. The van der Waals surface area contributed by atoms with E-state index in [1.165, 1.54) is 84.2 Å². The van der Waals surface area contributed by atoms with Crippen molar-refractivity contribution >= 4 is 5.97 Å². The molecule has 0 saturated carbocycles. The molecule has 22 heavy (non-hydrogen) atoms. The van der Waals surface area contributed by atoms with E-state index in [1.807, 2.05) is 0 Å². The van der Waals surface area contributed by atoms with Crippen LogP contribution in [0.5, 0.6) is 0 Å². The van der Waals surface area contributed by atoms with Gasteiger partial charge in [-0.2, -0.15) is 0 Å². The third-order valence-corrected chi connectivity index (χ3v) is 4.30. The van der Waals surface area contributed by atoms with Gasteiger partial charge in [0, 0.05) is 0 Å². The summed E-state index contributed by atoms with van der Waals surface area (Å²) in [6.07, 6.45) is 18.0. The lowest BCUT2D eigenvalue weighted by Crippen LogP contribution is -2.21. The maximum absolute atomic E-state index is 11.0. The van der Waals surface area contributed by atoms with Gasteiger partial charge in [-0.05, 0) is 6.42 Å². The summed E-state index contributed by atoms with van der Waals surface area (Å²) in [4.78, 5) is 11.0. The van der Waals surface area contributed by atoms with Crippen molar-refractivity contribution in [2.45, 2.75) is 109 Å². The molecule has 0 rings (SSSR count). The number of unbranched alkanes of at least 4 members (excludes halogenated alkanes) is 13. The molecule has 0 saturated heterocycles.